The molecule has 86 valence electrons. The molecule has 0 amide bonds. The number of benzene rings is 1. The predicted octanol–water partition coefficient (Wildman–Crippen LogP) is 1.70. The van der Waals surface area contributed by atoms with Crippen molar-refractivity contribution in [2.45, 2.75) is 6.54 Å². The molecule has 0 atom stereocenters. The SMILES string of the molecule is O=Cc1ccc(F)c(Cn2ccc(C=O)n2)c1. The van der Waals surface area contributed by atoms with E-state index in [4.69, 9.17) is 0 Å². The van der Waals surface area contributed by atoms with Gasteiger partial charge in [-0.1, -0.05) is 0 Å². The minimum absolute atomic E-state index is 0.182. The zero-order valence-corrected chi connectivity index (χ0v) is 8.84. The van der Waals surface area contributed by atoms with E-state index < -0.39 is 5.82 Å². The number of carbonyl (C=O) groups is 2. The fourth-order valence-electron chi connectivity index (χ4n) is 1.49. The number of hydrogen-bond acceptors (Lipinski definition) is 3. The van der Waals surface area contributed by atoms with Gasteiger partial charge in [0.05, 0.1) is 6.54 Å². The van der Waals surface area contributed by atoms with Gasteiger partial charge in [0.25, 0.3) is 0 Å². The smallest absolute Gasteiger partial charge is 0.170 e. The van der Waals surface area contributed by atoms with Crippen LogP contribution in [-0.4, -0.2) is 22.4 Å². The van der Waals surface area contributed by atoms with Gasteiger partial charge in [0.1, 0.15) is 17.8 Å². The van der Waals surface area contributed by atoms with Crippen molar-refractivity contribution >= 4 is 12.6 Å². The van der Waals surface area contributed by atoms with Crippen molar-refractivity contribution in [3.05, 3.63) is 53.1 Å². The van der Waals surface area contributed by atoms with Crippen molar-refractivity contribution in [2.24, 2.45) is 0 Å². The Balaban J connectivity index is 2.28. The first-order chi connectivity index (χ1) is 8.22. The summed E-state index contributed by atoms with van der Waals surface area (Å²) in [6, 6.07) is 5.65. The molecule has 0 bridgehead atoms. The minimum atomic E-state index is -0.404. The van der Waals surface area contributed by atoms with Gasteiger partial charge >= 0.3 is 0 Å². The van der Waals surface area contributed by atoms with Crippen LogP contribution in [0, 0.1) is 5.82 Å². The maximum Gasteiger partial charge on any atom is 0.170 e. The topological polar surface area (TPSA) is 52.0 Å². The molecule has 17 heavy (non-hydrogen) atoms. The Morgan fingerprint density at radius 2 is 2.06 bits per heavy atom. The van der Waals surface area contributed by atoms with Crippen molar-refractivity contribution < 1.29 is 14.0 Å². The summed E-state index contributed by atoms with van der Waals surface area (Å²) in [4.78, 5) is 21.0. The first-order valence-corrected chi connectivity index (χ1v) is 4.95. The van der Waals surface area contributed by atoms with Crippen LogP contribution in [0.5, 0.6) is 0 Å². The van der Waals surface area contributed by atoms with Gasteiger partial charge < -0.3 is 0 Å². The van der Waals surface area contributed by atoms with Crippen molar-refractivity contribution in [1.82, 2.24) is 9.78 Å². The van der Waals surface area contributed by atoms with Crippen LogP contribution in [0.4, 0.5) is 4.39 Å². The van der Waals surface area contributed by atoms with Crippen molar-refractivity contribution in [1.29, 1.82) is 0 Å². The van der Waals surface area contributed by atoms with Crippen LogP contribution in [0.15, 0.2) is 30.5 Å². The van der Waals surface area contributed by atoms with E-state index >= 15 is 0 Å². The molecule has 5 heteroatoms. The normalized spacial score (nSPS) is 10.2. The Bertz CT molecular complexity index is 563. The molecule has 0 spiro atoms. The largest absolute Gasteiger partial charge is 0.298 e. The van der Waals surface area contributed by atoms with Crippen LogP contribution in [-0.2, 0) is 6.54 Å². The standard InChI is InChI=1S/C12H9FN2O2/c13-12-2-1-9(7-16)5-10(12)6-15-4-3-11(8-17)14-15/h1-5,7-8H,6H2. The second-order valence-electron chi connectivity index (χ2n) is 3.52. The Labute approximate surface area is 96.7 Å². The molecule has 0 radical (unpaired) electrons. The first kappa shape index (κ1) is 11.2. The maximum atomic E-state index is 13.5. The van der Waals surface area contributed by atoms with E-state index in [2.05, 4.69) is 5.10 Å². The molecule has 2 rings (SSSR count). The Morgan fingerprint density at radius 1 is 1.24 bits per heavy atom. The molecular formula is C12H9FN2O2. The van der Waals surface area contributed by atoms with Gasteiger partial charge in [-0.25, -0.2) is 4.39 Å². The van der Waals surface area contributed by atoms with Crippen LogP contribution >= 0.6 is 0 Å². The average Bonchev–Trinajstić information content (AvgIpc) is 2.80. The lowest BCUT2D eigenvalue weighted by Gasteiger charge is -2.04. The average molecular weight is 232 g/mol. The molecule has 0 aliphatic rings. The highest BCUT2D eigenvalue weighted by atomic mass is 19.1. The monoisotopic (exact) mass is 232 g/mol. The zero-order valence-electron chi connectivity index (χ0n) is 8.84. The van der Waals surface area contributed by atoms with Gasteiger partial charge in [-0.2, -0.15) is 5.10 Å². The molecule has 0 saturated heterocycles. The first-order valence-electron chi connectivity index (χ1n) is 4.95. The zero-order chi connectivity index (χ0) is 12.3. The van der Waals surface area contributed by atoms with E-state index in [0.717, 1.165) is 0 Å². The van der Waals surface area contributed by atoms with Gasteiger partial charge in [-0.3, -0.25) is 14.3 Å². The van der Waals surface area contributed by atoms with Crippen molar-refractivity contribution in [3.8, 4) is 0 Å². The molecule has 1 aromatic carbocycles. The Kier molecular flexibility index (Phi) is 3.09. The fraction of sp³-hybridized carbons (Fsp3) is 0.0833. The highest BCUT2D eigenvalue weighted by molar-refractivity contribution is 5.75. The van der Waals surface area contributed by atoms with Crippen LogP contribution in [0.2, 0.25) is 0 Å². The molecule has 0 aliphatic heterocycles. The molecule has 0 saturated carbocycles. The second-order valence-corrected chi connectivity index (χ2v) is 3.52. The van der Waals surface area contributed by atoms with E-state index in [0.29, 0.717) is 23.7 Å². The van der Waals surface area contributed by atoms with E-state index in [1.54, 1.807) is 6.20 Å². The van der Waals surface area contributed by atoms with Gasteiger partial charge in [0, 0.05) is 17.3 Å². The van der Waals surface area contributed by atoms with E-state index in [-0.39, 0.29) is 12.2 Å². The van der Waals surface area contributed by atoms with E-state index in [9.17, 15) is 14.0 Å². The summed E-state index contributed by atoms with van der Waals surface area (Å²) >= 11 is 0. The summed E-state index contributed by atoms with van der Waals surface area (Å²) in [6.07, 6.45) is 2.86. The van der Waals surface area contributed by atoms with Crippen LogP contribution in [0.3, 0.4) is 0 Å². The molecule has 1 aromatic heterocycles. The maximum absolute atomic E-state index is 13.5. The molecule has 4 nitrogen and oxygen atoms in total. The number of hydrogen-bond donors (Lipinski definition) is 0. The molecule has 0 unspecified atom stereocenters. The summed E-state index contributed by atoms with van der Waals surface area (Å²) in [5.41, 5.74) is 1.05. The molecule has 0 aliphatic carbocycles. The quantitative estimate of drug-likeness (QED) is 0.754. The number of carbonyl (C=O) groups excluding carboxylic acids is 2. The molecular weight excluding hydrogens is 223 g/mol. The summed E-state index contributed by atoms with van der Waals surface area (Å²) in [5, 5.41) is 3.91. The third-order valence-electron chi connectivity index (χ3n) is 2.32. The summed E-state index contributed by atoms with van der Waals surface area (Å²) < 4.78 is 14.9. The van der Waals surface area contributed by atoms with Crippen molar-refractivity contribution in [3.63, 3.8) is 0 Å². The lowest BCUT2D eigenvalue weighted by Crippen LogP contribution is -2.04. The number of aldehydes is 2. The third kappa shape index (κ3) is 2.44. The van der Waals surface area contributed by atoms with Gasteiger partial charge in [0.2, 0.25) is 0 Å². The Morgan fingerprint density at radius 3 is 2.71 bits per heavy atom. The molecule has 1 heterocycles. The summed E-state index contributed by atoms with van der Waals surface area (Å²) in [7, 11) is 0. The fourth-order valence-corrected chi connectivity index (χ4v) is 1.49. The lowest BCUT2D eigenvalue weighted by atomic mass is 10.1. The third-order valence-corrected chi connectivity index (χ3v) is 2.32. The Hall–Kier alpha value is -2.30. The summed E-state index contributed by atoms with van der Waals surface area (Å²) in [6.45, 7) is 0.182. The van der Waals surface area contributed by atoms with Crippen LogP contribution in [0.25, 0.3) is 0 Å². The number of halogens is 1. The molecule has 0 N–H and O–H groups in total. The highest BCUT2D eigenvalue weighted by Crippen LogP contribution is 2.11. The summed E-state index contributed by atoms with van der Waals surface area (Å²) in [5.74, 6) is -0.404. The molecule has 2 aromatic rings. The van der Waals surface area contributed by atoms with Crippen LogP contribution in [0.1, 0.15) is 26.4 Å². The highest BCUT2D eigenvalue weighted by Gasteiger charge is 2.05. The molecule has 0 fully saturated rings. The minimum Gasteiger partial charge on any atom is -0.298 e. The number of nitrogens with zero attached hydrogens (tertiary/aromatic N) is 2. The van der Waals surface area contributed by atoms with Crippen LogP contribution < -0.4 is 0 Å². The van der Waals surface area contributed by atoms with Gasteiger partial charge in [0.15, 0.2) is 6.29 Å². The van der Waals surface area contributed by atoms with Gasteiger partial charge in [-0.05, 0) is 24.3 Å². The number of rotatable bonds is 4. The van der Waals surface area contributed by atoms with Crippen molar-refractivity contribution in [2.75, 3.05) is 0 Å². The predicted molar refractivity (Wildman–Crippen MR) is 58.5 cm³/mol. The van der Waals surface area contributed by atoms with Gasteiger partial charge in [-0.15, -0.1) is 0 Å². The van der Waals surface area contributed by atoms with E-state index in [1.165, 1.54) is 28.9 Å². The number of aromatic nitrogens is 2. The second kappa shape index (κ2) is 4.69. The lowest BCUT2D eigenvalue weighted by molar-refractivity contribution is 0.111. The van der Waals surface area contributed by atoms with E-state index in [1.807, 2.05) is 0 Å².